The normalized spacial score (nSPS) is 10.2. The zero-order valence-corrected chi connectivity index (χ0v) is 10.8. The van der Waals surface area contributed by atoms with Crippen LogP contribution >= 0.6 is 22.9 Å². The van der Waals surface area contributed by atoms with Gasteiger partial charge in [-0.1, -0.05) is 29.0 Å². The van der Waals surface area contributed by atoms with Crippen molar-refractivity contribution in [2.24, 2.45) is 0 Å². The topological polar surface area (TPSA) is 66.9 Å². The molecule has 0 saturated carbocycles. The Balaban J connectivity index is 2.18. The standard InChI is InChI=1S/C10H8ClFN4OS/c1-13-10-16-15-9(18-10)8(17)14-6-4-2-3-5(11)7(6)12/h2-4H,1H3,(H,13,16)(H,14,17). The molecule has 0 fully saturated rings. The number of carbonyl (C=O) groups is 1. The third kappa shape index (κ3) is 2.57. The van der Waals surface area contributed by atoms with Gasteiger partial charge >= 0.3 is 0 Å². The minimum absolute atomic E-state index is 0.00806. The Kier molecular flexibility index (Phi) is 3.73. The number of halogens is 2. The highest BCUT2D eigenvalue weighted by Crippen LogP contribution is 2.23. The average molecular weight is 287 g/mol. The minimum Gasteiger partial charge on any atom is -0.363 e. The Bertz CT molecular complexity index is 589. The van der Waals surface area contributed by atoms with Crippen LogP contribution in [0.25, 0.3) is 0 Å². The van der Waals surface area contributed by atoms with Crippen molar-refractivity contribution in [2.75, 3.05) is 17.7 Å². The van der Waals surface area contributed by atoms with E-state index in [2.05, 4.69) is 20.8 Å². The van der Waals surface area contributed by atoms with E-state index < -0.39 is 11.7 Å². The molecule has 0 aliphatic rings. The predicted octanol–water partition coefficient (Wildman–Crippen LogP) is 2.62. The monoisotopic (exact) mass is 286 g/mol. The highest BCUT2D eigenvalue weighted by atomic mass is 35.5. The van der Waals surface area contributed by atoms with Crippen LogP contribution in [0.2, 0.25) is 5.02 Å². The molecular weight excluding hydrogens is 279 g/mol. The highest BCUT2D eigenvalue weighted by Gasteiger charge is 2.15. The van der Waals surface area contributed by atoms with Gasteiger partial charge in [0.15, 0.2) is 5.82 Å². The number of hydrogen-bond acceptors (Lipinski definition) is 5. The van der Waals surface area contributed by atoms with Gasteiger partial charge in [0.25, 0.3) is 5.91 Å². The molecule has 1 aromatic carbocycles. The fourth-order valence-corrected chi connectivity index (χ4v) is 1.96. The van der Waals surface area contributed by atoms with E-state index in [0.717, 1.165) is 11.3 Å². The van der Waals surface area contributed by atoms with Crippen LogP contribution in [0.4, 0.5) is 15.2 Å². The number of hydrogen-bond donors (Lipinski definition) is 2. The lowest BCUT2D eigenvalue weighted by Gasteiger charge is -2.04. The summed E-state index contributed by atoms with van der Waals surface area (Å²) in [6.07, 6.45) is 0. The molecule has 1 aromatic heterocycles. The summed E-state index contributed by atoms with van der Waals surface area (Å²) in [6.45, 7) is 0. The summed E-state index contributed by atoms with van der Waals surface area (Å²) >= 11 is 6.68. The Morgan fingerprint density at radius 2 is 2.22 bits per heavy atom. The van der Waals surface area contributed by atoms with Crippen LogP contribution < -0.4 is 10.6 Å². The lowest BCUT2D eigenvalue weighted by atomic mass is 10.3. The molecule has 0 radical (unpaired) electrons. The summed E-state index contributed by atoms with van der Waals surface area (Å²) in [7, 11) is 1.67. The Morgan fingerprint density at radius 3 is 2.89 bits per heavy atom. The molecule has 0 spiro atoms. The quantitative estimate of drug-likeness (QED) is 0.910. The van der Waals surface area contributed by atoms with E-state index in [1.54, 1.807) is 13.1 Å². The van der Waals surface area contributed by atoms with Crippen LogP contribution in [0, 0.1) is 5.82 Å². The molecule has 0 saturated heterocycles. The lowest BCUT2D eigenvalue weighted by molar-refractivity contribution is 0.102. The summed E-state index contributed by atoms with van der Waals surface area (Å²) < 4.78 is 13.6. The van der Waals surface area contributed by atoms with Crippen LogP contribution in [0.5, 0.6) is 0 Å². The van der Waals surface area contributed by atoms with Gasteiger partial charge in [0.2, 0.25) is 10.1 Å². The van der Waals surface area contributed by atoms with Gasteiger partial charge in [0.05, 0.1) is 10.7 Å². The number of amides is 1. The third-order valence-corrected chi connectivity index (χ3v) is 3.26. The SMILES string of the molecule is CNc1nnc(C(=O)Nc2cccc(Cl)c2F)s1. The van der Waals surface area contributed by atoms with E-state index in [0.29, 0.717) is 5.13 Å². The van der Waals surface area contributed by atoms with Crippen LogP contribution in [-0.2, 0) is 0 Å². The number of nitrogens with zero attached hydrogens (tertiary/aromatic N) is 2. The largest absolute Gasteiger partial charge is 0.363 e. The van der Waals surface area contributed by atoms with Gasteiger partial charge < -0.3 is 10.6 Å². The fraction of sp³-hybridized carbons (Fsp3) is 0.100. The van der Waals surface area contributed by atoms with E-state index in [-0.39, 0.29) is 15.7 Å². The minimum atomic E-state index is -0.675. The Labute approximate surface area is 111 Å². The van der Waals surface area contributed by atoms with Gasteiger partial charge in [-0.05, 0) is 12.1 Å². The number of rotatable bonds is 3. The molecule has 0 aliphatic heterocycles. The molecule has 8 heteroatoms. The summed E-state index contributed by atoms with van der Waals surface area (Å²) in [4.78, 5) is 11.8. The van der Waals surface area contributed by atoms with Crippen molar-refractivity contribution in [3.63, 3.8) is 0 Å². The number of nitrogens with one attached hydrogen (secondary N) is 2. The fourth-order valence-electron chi connectivity index (χ4n) is 1.19. The second-order valence-corrected chi connectivity index (χ2v) is 4.60. The first-order valence-electron chi connectivity index (χ1n) is 4.88. The molecule has 2 N–H and O–H groups in total. The first-order chi connectivity index (χ1) is 8.61. The molecule has 18 heavy (non-hydrogen) atoms. The van der Waals surface area contributed by atoms with E-state index in [4.69, 9.17) is 11.6 Å². The second kappa shape index (κ2) is 5.28. The van der Waals surface area contributed by atoms with Crippen molar-refractivity contribution in [1.29, 1.82) is 0 Å². The van der Waals surface area contributed by atoms with Crippen molar-refractivity contribution in [2.45, 2.75) is 0 Å². The van der Waals surface area contributed by atoms with Crippen LogP contribution in [0.1, 0.15) is 9.80 Å². The Morgan fingerprint density at radius 1 is 1.44 bits per heavy atom. The maximum Gasteiger partial charge on any atom is 0.286 e. The van der Waals surface area contributed by atoms with Crippen LogP contribution in [0.15, 0.2) is 18.2 Å². The molecule has 0 atom stereocenters. The van der Waals surface area contributed by atoms with Crippen molar-refractivity contribution in [1.82, 2.24) is 10.2 Å². The molecule has 2 rings (SSSR count). The van der Waals surface area contributed by atoms with Crippen molar-refractivity contribution >= 4 is 39.7 Å². The maximum atomic E-state index is 13.6. The van der Waals surface area contributed by atoms with Gasteiger partial charge in [-0.3, -0.25) is 4.79 Å². The zero-order chi connectivity index (χ0) is 13.1. The van der Waals surface area contributed by atoms with Gasteiger partial charge in [0.1, 0.15) is 0 Å². The average Bonchev–Trinajstić information content (AvgIpc) is 2.83. The van der Waals surface area contributed by atoms with Crippen molar-refractivity contribution in [3.8, 4) is 0 Å². The first kappa shape index (κ1) is 12.7. The van der Waals surface area contributed by atoms with E-state index in [1.807, 2.05) is 0 Å². The number of anilines is 2. The second-order valence-electron chi connectivity index (χ2n) is 3.22. The van der Waals surface area contributed by atoms with E-state index in [1.165, 1.54) is 12.1 Å². The molecule has 5 nitrogen and oxygen atoms in total. The third-order valence-electron chi connectivity index (χ3n) is 2.03. The van der Waals surface area contributed by atoms with Crippen LogP contribution in [-0.4, -0.2) is 23.2 Å². The molecular formula is C10H8ClFN4OS. The number of aromatic nitrogens is 2. The molecule has 1 heterocycles. The number of benzene rings is 1. The maximum absolute atomic E-state index is 13.6. The molecule has 0 unspecified atom stereocenters. The number of carbonyl (C=O) groups excluding carboxylic acids is 1. The van der Waals surface area contributed by atoms with E-state index in [9.17, 15) is 9.18 Å². The van der Waals surface area contributed by atoms with Gasteiger partial charge in [0, 0.05) is 7.05 Å². The van der Waals surface area contributed by atoms with Gasteiger partial charge in [-0.2, -0.15) is 0 Å². The smallest absolute Gasteiger partial charge is 0.286 e. The molecule has 1 amide bonds. The zero-order valence-electron chi connectivity index (χ0n) is 9.20. The summed E-state index contributed by atoms with van der Waals surface area (Å²) in [5.74, 6) is -1.21. The van der Waals surface area contributed by atoms with Crippen LogP contribution in [0.3, 0.4) is 0 Å². The van der Waals surface area contributed by atoms with E-state index >= 15 is 0 Å². The van der Waals surface area contributed by atoms with Gasteiger partial charge in [-0.25, -0.2) is 4.39 Å². The highest BCUT2D eigenvalue weighted by molar-refractivity contribution is 7.17. The summed E-state index contributed by atoms with van der Waals surface area (Å²) in [5, 5.41) is 13.1. The van der Waals surface area contributed by atoms with Crippen molar-refractivity contribution in [3.05, 3.63) is 34.0 Å². The molecule has 0 bridgehead atoms. The molecule has 94 valence electrons. The molecule has 2 aromatic rings. The summed E-state index contributed by atoms with van der Waals surface area (Å²) in [6, 6.07) is 4.36. The Hall–Kier alpha value is -1.73. The predicted molar refractivity (Wildman–Crippen MR) is 68.8 cm³/mol. The van der Waals surface area contributed by atoms with Crippen molar-refractivity contribution < 1.29 is 9.18 Å². The van der Waals surface area contributed by atoms with Gasteiger partial charge in [-0.15, -0.1) is 10.2 Å². The summed E-state index contributed by atoms with van der Waals surface area (Å²) in [5.41, 5.74) is 0.00806. The molecule has 0 aliphatic carbocycles. The first-order valence-corrected chi connectivity index (χ1v) is 6.08. The lowest BCUT2D eigenvalue weighted by Crippen LogP contribution is -2.12.